The number of nitrogens with one attached hydrogen (secondary N) is 1. The van der Waals surface area contributed by atoms with Gasteiger partial charge in [0, 0.05) is 44.2 Å². The maximum absolute atomic E-state index is 14.0. The third-order valence-electron chi connectivity index (χ3n) is 10.1. The van der Waals surface area contributed by atoms with Gasteiger partial charge in [-0.15, -0.1) is 18.2 Å². The van der Waals surface area contributed by atoms with Gasteiger partial charge in [0.1, 0.15) is 30.8 Å². The van der Waals surface area contributed by atoms with Crippen LogP contribution in [0.1, 0.15) is 70.3 Å². The molecule has 1 fully saturated rings. The van der Waals surface area contributed by atoms with E-state index in [1.807, 2.05) is 19.9 Å². The van der Waals surface area contributed by atoms with Crippen molar-refractivity contribution in [2.24, 2.45) is 22.9 Å². The van der Waals surface area contributed by atoms with Crippen molar-refractivity contribution in [3.05, 3.63) is 48.1 Å². The van der Waals surface area contributed by atoms with Gasteiger partial charge < -0.3 is 49.2 Å². The number of rotatable bonds is 23. The predicted octanol–water partition coefficient (Wildman–Crippen LogP) is 5.13. The number of aliphatic hydroxyl groups excluding tert-OH is 3. The van der Waals surface area contributed by atoms with Crippen LogP contribution < -0.4 is 14.8 Å². The molecule has 6 atom stereocenters. The molecule has 0 bridgehead atoms. The number of oxime groups is 1. The molecule has 14 nitrogen and oxygen atoms in total. The number of hydrogen-bond acceptors (Lipinski definition) is 12. The molecular weight excluding hydrogens is 722 g/mol. The van der Waals surface area contributed by atoms with Crippen LogP contribution >= 0.6 is 11.6 Å². The zero-order valence-corrected chi connectivity index (χ0v) is 32.3. The van der Waals surface area contributed by atoms with Gasteiger partial charge >= 0.3 is 12.2 Å². The van der Waals surface area contributed by atoms with E-state index in [1.165, 1.54) is 4.90 Å². The fourth-order valence-corrected chi connectivity index (χ4v) is 8.13. The SMILES string of the molecule is C=CCO[C@@]12Oc3ccc(OC(=O)NCC)cc3[C@H]3[C@H](CCCCO)[C@@H](CCCCO)C=C(C(=NOCC)C[C@@H]1N(CCOCCO)C(=O)OCCCl)[C@H]32. The molecule has 0 radical (unpaired) electrons. The average molecular weight is 780 g/mol. The minimum Gasteiger partial charge on any atom is -0.459 e. The quantitative estimate of drug-likeness (QED) is 0.0501. The fraction of sp³-hybridized carbons (Fsp3) is 0.667. The zero-order chi connectivity index (χ0) is 38.9. The van der Waals surface area contributed by atoms with Gasteiger partial charge in [0.15, 0.2) is 0 Å². The molecule has 4 rings (SSSR count). The standard InChI is InChI=1S/C39H58ClN3O11/c1-4-20-51-39-34(43(16-22-49-23-19-46)38(48)50-21-15-40)26-32(42-52-6-3)30-24-27(11-7-9-17-44)29(12-8-10-18-45)35(36(30)39)31-25-28(13-14-33(31)54-39)53-37(47)41-5-2/h4,13-14,24-25,27,29,34-36,44-46H,1,5-12,15-23,26H2,2-3H3,(H,41,47)/t27-,29+,34-,35+,36+,39+/m0/s1. The first kappa shape index (κ1) is 43.3. The molecule has 0 saturated heterocycles. The minimum absolute atomic E-state index is 0.0188. The van der Waals surface area contributed by atoms with Crippen LogP contribution in [0.4, 0.5) is 9.59 Å². The van der Waals surface area contributed by atoms with Crippen molar-refractivity contribution in [3.63, 3.8) is 0 Å². The Bertz CT molecular complexity index is 1430. The van der Waals surface area contributed by atoms with Crippen LogP contribution in [-0.2, 0) is 19.0 Å². The number of carbonyl (C=O) groups is 2. The Kier molecular flexibility index (Phi) is 17.8. The van der Waals surface area contributed by atoms with Gasteiger partial charge in [0.05, 0.1) is 43.9 Å². The lowest BCUT2D eigenvalue weighted by Crippen LogP contribution is -2.70. The second-order valence-corrected chi connectivity index (χ2v) is 13.8. The molecule has 54 heavy (non-hydrogen) atoms. The number of unbranched alkanes of at least 4 members (excludes halogenated alkanes) is 2. The van der Waals surface area contributed by atoms with E-state index >= 15 is 0 Å². The first-order valence-corrected chi connectivity index (χ1v) is 19.7. The largest absolute Gasteiger partial charge is 0.459 e. The molecular formula is C39H58ClN3O11. The van der Waals surface area contributed by atoms with Gasteiger partial charge in [-0.3, -0.25) is 4.90 Å². The number of amides is 2. The molecule has 3 aliphatic rings. The highest BCUT2D eigenvalue weighted by atomic mass is 35.5. The Morgan fingerprint density at radius 1 is 1.09 bits per heavy atom. The summed E-state index contributed by atoms with van der Waals surface area (Å²) in [5.41, 5.74) is 2.31. The molecule has 1 saturated carbocycles. The van der Waals surface area contributed by atoms with Crippen LogP contribution in [0, 0.1) is 17.8 Å². The highest BCUT2D eigenvalue weighted by Gasteiger charge is 2.65. The topological polar surface area (TPSA) is 178 Å². The third kappa shape index (κ3) is 10.5. The van der Waals surface area contributed by atoms with Crippen LogP contribution in [0.3, 0.4) is 0 Å². The van der Waals surface area contributed by atoms with Crippen LogP contribution in [0.2, 0.25) is 0 Å². The summed E-state index contributed by atoms with van der Waals surface area (Å²) in [5, 5.41) is 36.3. The lowest BCUT2D eigenvalue weighted by molar-refractivity contribution is -0.256. The van der Waals surface area contributed by atoms with Crippen LogP contribution in [0.5, 0.6) is 11.5 Å². The summed E-state index contributed by atoms with van der Waals surface area (Å²) in [4.78, 5) is 33.9. The monoisotopic (exact) mass is 779 g/mol. The van der Waals surface area contributed by atoms with Crippen molar-refractivity contribution in [3.8, 4) is 11.5 Å². The lowest BCUT2D eigenvalue weighted by Gasteiger charge is -2.59. The smallest absolute Gasteiger partial charge is 0.412 e. The number of ether oxygens (including phenoxy) is 5. The molecule has 4 N–H and O–H groups in total. The van der Waals surface area contributed by atoms with Crippen molar-refractivity contribution in [1.29, 1.82) is 0 Å². The van der Waals surface area contributed by atoms with E-state index in [0.29, 0.717) is 43.2 Å². The summed E-state index contributed by atoms with van der Waals surface area (Å²) in [7, 11) is 0. The summed E-state index contributed by atoms with van der Waals surface area (Å²) in [5.74, 6) is -1.42. The van der Waals surface area contributed by atoms with E-state index in [1.54, 1.807) is 18.2 Å². The molecule has 1 aromatic carbocycles. The van der Waals surface area contributed by atoms with Crippen molar-refractivity contribution in [2.45, 2.75) is 76.5 Å². The maximum atomic E-state index is 14.0. The first-order chi connectivity index (χ1) is 26.3. The Hall–Kier alpha value is -3.40. The Morgan fingerprint density at radius 3 is 2.56 bits per heavy atom. The van der Waals surface area contributed by atoms with Crippen LogP contribution in [0.15, 0.2) is 47.7 Å². The molecule has 1 aromatic rings. The second-order valence-electron chi connectivity index (χ2n) is 13.4. The van der Waals surface area contributed by atoms with Crippen molar-refractivity contribution >= 4 is 29.5 Å². The number of alkyl halides is 1. The molecule has 0 spiro atoms. The van der Waals surface area contributed by atoms with Gasteiger partial charge in [0.25, 0.3) is 0 Å². The lowest BCUT2D eigenvalue weighted by atomic mass is 9.55. The maximum Gasteiger partial charge on any atom is 0.412 e. The summed E-state index contributed by atoms with van der Waals surface area (Å²) in [6.07, 6.45) is 7.15. The molecule has 0 aromatic heterocycles. The van der Waals surface area contributed by atoms with E-state index in [-0.39, 0.29) is 82.8 Å². The van der Waals surface area contributed by atoms with E-state index in [4.69, 9.17) is 40.1 Å². The fourth-order valence-electron chi connectivity index (χ4n) is 8.05. The highest BCUT2D eigenvalue weighted by Crippen LogP contribution is 2.62. The number of benzene rings is 1. The second kappa shape index (κ2) is 22.2. The Labute approximate surface area is 323 Å². The van der Waals surface area contributed by atoms with E-state index in [2.05, 4.69) is 23.1 Å². The summed E-state index contributed by atoms with van der Waals surface area (Å²) in [6.45, 7) is 8.56. The van der Waals surface area contributed by atoms with E-state index in [9.17, 15) is 24.9 Å². The number of hydrogen-bond donors (Lipinski definition) is 4. The number of allylic oxidation sites excluding steroid dienone is 1. The highest BCUT2D eigenvalue weighted by molar-refractivity contribution is 6.18. The Morgan fingerprint density at radius 2 is 1.87 bits per heavy atom. The zero-order valence-electron chi connectivity index (χ0n) is 31.6. The molecule has 15 heteroatoms. The Balaban J connectivity index is 2.02. The molecule has 1 heterocycles. The number of nitrogens with zero attached hydrogens (tertiary/aromatic N) is 2. The number of halogens is 1. The predicted molar refractivity (Wildman–Crippen MR) is 203 cm³/mol. The van der Waals surface area contributed by atoms with Crippen molar-refractivity contribution in [1.82, 2.24) is 10.2 Å². The van der Waals surface area contributed by atoms with Crippen molar-refractivity contribution in [2.75, 3.05) is 71.8 Å². The van der Waals surface area contributed by atoms with Gasteiger partial charge in [-0.1, -0.05) is 30.1 Å². The normalized spacial score (nSPS) is 24.7. The molecule has 302 valence electrons. The van der Waals surface area contributed by atoms with Gasteiger partial charge in [-0.2, -0.15) is 0 Å². The van der Waals surface area contributed by atoms with Gasteiger partial charge in [-0.25, -0.2) is 9.59 Å². The molecule has 0 unspecified atom stereocenters. The number of aliphatic hydroxyl groups is 3. The minimum atomic E-state index is -1.51. The van der Waals surface area contributed by atoms with E-state index in [0.717, 1.165) is 36.8 Å². The van der Waals surface area contributed by atoms with Gasteiger partial charge in [0.2, 0.25) is 5.79 Å². The average Bonchev–Trinajstić information content (AvgIpc) is 3.17. The summed E-state index contributed by atoms with van der Waals surface area (Å²) in [6, 6.07) is 4.45. The molecule has 2 aliphatic carbocycles. The molecule has 2 amide bonds. The van der Waals surface area contributed by atoms with Crippen LogP contribution in [-0.4, -0.2) is 122 Å². The first-order valence-electron chi connectivity index (χ1n) is 19.2. The third-order valence-corrected chi connectivity index (χ3v) is 10.3. The molecule has 1 aliphatic heterocycles. The number of fused-ring (bicyclic) bond motifs is 2. The van der Waals surface area contributed by atoms with Crippen molar-refractivity contribution < 1.29 is 53.4 Å². The summed E-state index contributed by atoms with van der Waals surface area (Å²) >= 11 is 5.96. The summed E-state index contributed by atoms with van der Waals surface area (Å²) < 4.78 is 31.0. The van der Waals surface area contributed by atoms with Gasteiger partial charge in [-0.05, 0) is 75.1 Å². The number of carbonyl (C=O) groups excluding carboxylic acids is 2. The van der Waals surface area contributed by atoms with Crippen LogP contribution in [0.25, 0.3) is 0 Å². The van der Waals surface area contributed by atoms with E-state index < -0.39 is 29.9 Å².